The van der Waals surface area contributed by atoms with Crippen molar-refractivity contribution in [3.8, 4) is 35.2 Å². The lowest BCUT2D eigenvalue weighted by atomic mass is 10.3. The van der Waals surface area contributed by atoms with Crippen LogP contribution in [0.2, 0.25) is 0 Å². The van der Waals surface area contributed by atoms with Gasteiger partial charge in [0.25, 0.3) is 0 Å². The van der Waals surface area contributed by atoms with Crippen LogP contribution in [0.3, 0.4) is 0 Å². The van der Waals surface area contributed by atoms with Crippen molar-refractivity contribution in [3.63, 3.8) is 0 Å². The van der Waals surface area contributed by atoms with E-state index in [0.717, 1.165) is 0 Å². The maximum absolute atomic E-state index is 13.6. The summed E-state index contributed by atoms with van der Waals surface area (Å²) in [5.41, 5.74) is 0. The van der Waals surface area contributed by atoms with E-state index in [-0.39, 0.29) is 37.8 Å². The molecule has 0 aliphatic rings. The summed E-state index contributed by atoms with van der Waals surface area (Å²) in [7, 11) is -22.7. The van der Waals surface area contributed by atoms with Crippen molar-refractivity contribution in [2.45, 2.75) is 49.3 Å². The highest BCUT2D eigenvalue weighted by atomic mass is 32.5. The normalized spacial score (nSPS) is 16.1. The molecule has 0 saturated heterocycles. The lowest BCUT2D eigenvalue weighted by molar-refractivity contribution is 0.265. The first-order chi connectivity index (χ1) is 14.1. The predicted molar refractivity (Wildman–Crippen MR) is 106 cm³/mol. The number of hydrogen-bond donors (Lipinski definition) is 0. The average molecular weight is 522 g/mol. The molecule has 1 aromatic carbocycles. The second-order valence-corrected chi connectivity index (χ2v) is 11.1. The van der Waals surface area contributed by atoms with Gasteiger partial charge in [-0.3, -0.25) is 0 Å². The van der Waals surface area contributed by atoms with Crippen LogP contribution in [0.1, 0.15) is 39.5 Å². The molecule has 0 heterocycles. The molecule has 0 N–H and O–H groups in total. The summed E-state index contributed by atoms with van der Waals surface area (Å²) < 4.78 is 145. The molecule has 0 spiro atoms. The topological polar surface area (TPSA) is 18.5 Å². The van der Waals surface area contributed by atoms with Gasteiger partial charge in [0, 0.05) is 12.8 Å². The minimum absolute atomic E-state index is 0.0263. The van der Waals surface area contributed by atoms with Crippen molar-refractivity contribution in [2.75, 3.05) is 13.2 Å². The van der Waals surface area contributed by atoms with E-state index in [2.05, 4.69) is 33.2 Å². The van der Waals surface area contributed by atoms with Gasteiger partial charge in [-0.25, -0.2) is 0 Å². The molecular weight excluding hydrogens is 502 g/mol. The van der Waals surface area contributed by atoms with Gasteiger partial charge in [0.15, 0.2) is 9.79 Å². The molecule has 0 bridgehead atoms. The third-order valence-corrected chi connectivity index (χ3v) is 6.06. The van der Waals surface area contributed by atoms with Crippen LogP contribution in [0, 0.1) is 23.7 Å². The van der Waals surface area contributed by atoms with Gasteiger partial charge in [-0.2, -0.15) is 0 Å². The summed E-state index contributed by atoms with van der Waals surface area (Å²) in [6, 6.07) is 0.208. The monoisotopic (exact) mass is 522 g/mol. The molecule has 0 aliphatic heterocycles. The van der Waals surface area contributed by atoms with E-state index in [1.807, 2.05) is 0 Å². The lowest BCUT2D eigenvalue weighted by Crippen LogP contribution is -2.19. The van der Waals surface area contributed by atoms with Crippen molar-refractivity contribution >= 4 is 20.4 Å². The van der Waals surface area contributed by atoms with E-state index in [0.29, 0.717) is 0 Å². The summed E-state index contributed by atoms with van der Waals surface area (Å²) in [6.45, 7) is 1.32. The van der Waals surface area contributed by atoms with Crippen LogP contribution < -0.4 is 9.47 Å². The Morgan fingerprint density at radius 1 is 0.625 bits per heavy atom. The van der Waals surface area contributed by atoms with Crippen LogP contribution in [-0.2, 0) is 0 Å². The third-order valence-electron chi connectivity index (χ3n) is 3.57. The van der Waals surface area contributed by atoms with Crippen molar-refractivity contribution in [3.05, 3.63) is 12.1 Å². The Bertz CT molecular complexity index is 897. The summed E-state index contributed by atoms with van der Waals surface area (Å²) >= 11 is 0. The SMILES string of the molecule is CC#CCCCOc1ccc(OCCCC#CC)c(S(F)(F)(F)(F)F)c1S(F)(F)(F)(F)F. The van der Waals surface area contributed by atoms with Crippen molar-refractivity contribution in [1.29, 1.82) is 0 Å². The highest BCUT2D eigenvalue weighted by molar-refractivity contribution is 8.48. The highest BCUT2D eigenvalue weighted by Crippen LogP contribution is 3.10. The zero-order valence-electron chi connectivity index (χ0n) is 16.8. The van der Waals surface area contributed by atoms with Crippen molar-refractivity contribution < 1.29 is 48.3 Å². The second kappa shape index (κ2) is 7.76. The molecule has 14 heteroatoms. The van der Waals surface area contributed by atoms with Gasteiger partial charge in [-0.05, 0) is 38.8 Å². The smallest absolute Gasteiger partial charge is 0.315 e. The molecular formula is C18H20F10O2S2. The number of halogens is 10. The lowest BCUT2D eigenvalue weighted by Gasteiger charge is -2.48. The molecule has 1 aromatic rings. The largest absolute Gasteiger partial charge is 0.492 e. The Labute approximate surface area is 179 Å². The van der Waals surface area contributed by atoms with Crippen LogP contribution in [0.15, 0.2) is 21.9 Å². The van der Waals surface area contributed by atoms with Gasteiger partial charge in [0.05, 0.1) is 13.2 Å². The fourth-order valence-electron chi connectivity index (χ4n) is 2.42. The average Bonchev–Trinajstić information content (AvgIpc) is 2.57. The molecule has 0 aromatic heterocycles. The van der Waals surface area contributed by atoms with Gasteiger partial charge in [0.1, 0.15) is 11.5 Å². The van der Waals surface area contributed by atoms with E-state index >= 15 is 0 Å². The van der Waals surface area contributed by atoms with Gasteiger partial charge >= 0.3 is 20.4 Å². The van der Waals surface area contributed by atoms with Crippen LogP contribution in [0.4, 0.5) is 38.9 Å². The Hall–Kier alpha value is -2.06. The first kappa shape index (κ1) is 28.0. The zero-order chi connectivity index (χ0) is 25.0. The third kappa shape index (κ3) is 8.47. The van der Waals surface area contributed by atoms with Crippen molar-refractivity contribution in [1.82, 2.24) is 0 Å². The number of rotatable bonds is 10. The van der Waals surface area contributed by atoms with E-state index in [1.165, 1.54) is 13.8 Å². The molecule has 2 nitrogen and oxygen atoms in total. The number of unbranched alkanes of at least 4 members (excludes halogenated alkanes) is 2. The molecule has 32 heavy (non-hydrogen) atoms. The van der Waals surface area contributed by atoms with E-state index < -0.39 is 55.0 Å². The minimum Gasteiger partial charge on any atom is -0.492 e. The molecule has 0 unspecified atom stereocenters. The predicted octanol–water partition coefficient (Wildman–Crippen LogP) is 9.37. The van der Waals surface area contributed by atoms with E-state index in [9.17, 15) is 38.9 Å². The summed E-state index contributed by atoms with van der Waals surface area (Å²) in [4.78, 5) is -7.70. The van der Waals surface area contributed by atoms with Gasteiger partial charge in [-0.15, -0.1) is 23.7 Å². The van der Waals surface area contributed by atoms with Gasteiger partial charge < -0.3 is 9.47 Å². The molecule has 186 valence electrons. The van der Waals surface area contributed by atoms with Crippen LogP contribution in [-0.4, -0.2) is 13.2 Å². The number of benzene rings is 1. The number of ether oxygens (including phenoxy) is 2. The van der Waals surface area contributed by atoms with Crippen LogP contribution >= 0.6 is 20.4 Å². The minimum atomic E-state index is -11.4. The first-order valence-electron chi connectivity index (χ1n) is 8.80. The maximum atomic E-state index is 13.6. The molecule has 0 radical (unpaired) electrons. The molecule has 0 fully saturated rings. The zero-order valence-corrected chi connectivity index (χ0v) is 18.4. The molecule has 1 rings (SSSR count). The molecule has 0 aliphatic carbocycles. The van der Waals surface area contributed by atoms with Crippen molar-refractivity contribution in [2.24, 2.45) is 0 Å². The van der Waals surface area contributed by atoms with E-state index in [1.54, 1.807) is 0 Å². The standard InChI is InChI=1S/C18H20F10O2S2/c1-3-5-7-9-13-29-15-11-12-16(30-14-10-8-6-4-2)18(32(24,25,26,27)28)17(15)31(19,20,21,22)23/h11-12H,7-10,13-14H2,1-2H3. The Morgan fingerprint density at radius 2 is 0.938 bits per heavy atom. The van der Waals surface area contributed by atoms with Gasteiger partial charge in [-0.1, -0.05) is 38.9 Å². The second-order valence-electron chi connectivity index (χ2n) is 6.42. The Balaban J connectivity index is 3.72. The summed E-state index contributed by atoms with van der Waals surface area (Å²) in [6.07, 6.45) is -0.247. The molecule has 0 amide bonds. The first-order valence-corrected chi connectivity index (χ1v) is 12.7. The highest BCUT2D eigenvalue weighted by Gasteiger charge is 2.78. The summed E-state index contributed by atoms with van der Waals surface area (Å²) in [5.74, 6) is 5.66. The van der Waals surface area contributed by atoms with Crippen LogP contribution in [0.25, 0.3) is 0 Å². The van der Waals surface area contributed by atoms with Crippen LogP contribution in [0.5, 0.6) is 11.5 Å². The Morgan fingerprint density at radius 3 is 1.19 bits per heavy atom. The summed E-state index contributed by atoms with van der Waals surface area (Å²) in [5, 5.41) is 0. The molecule has 0 atom stereocenters. The fourth-order valence-corrected chi connectivity index (χ4v) is 5.28. The number of hydrogen-bond acceptors (Lipinski definition) is 2. The fraction of sp³-hybridized carbons (Fsp3) is 0.444. The Kier molecular flexibility index (Phi) is 6.79. The van der Waals surface area contributed by atoms with E-state index in [4.69, 9.17) is 0 Å². The molecule has 0 saturated carbocycles. The quantitative estimate of drug-likeness (QED) is 0.173. The maximum Gasteiger partial charge on any atom is 0.315 e. The van der Waals surface area contributed by atoms with Gasteiger partial charge in [0.2, 0.25) is 0 Å².